The Balaban J connectivity index is 4.42. The van der Waals surface area contributed by atoms with Crippen LogP contribution < -0.4 is 0 Å². The normalized spacial score (nSPS) is 14.9. The second-order valence-corrected chi connectivity index (χ2v) is 7.15. The molecule has 3 heteroatoms. The van der Waals surface area contributed by atoms with Crippen LogP contribution in [-0.4, -0.2) is 33.2 Å². The lowest BCUT2D eigenvalue weighted by molar-refractivity contribution is -0.265. The molecular weight excluding hydrogens is 288 g/mol. The maximum absolute atomic E-state index is 5.76. The third kappa shape index (κ3) is 8.51. The van der Waals surface area contributed by atoms with Crippen molar-refractivity contribution in [3.8, 4) is 0 Å². The Kier molecular flexibility index (Phi) is 13.1. The van der Waals surface area contributed by atoms with Crippen LogP contribution in [0.2, 0.25) is 0 Å². The van der Waals surface area contributed by atoms with Crippen LogP contribution in [0.4, 0.5) is 0 Å². The van der Waals surface area contributed by atoms with E-state index in [-0.39, 0.29) is 5.41 Å². The second kappa shape index (κ2) is 13.2. The van der Waals surface area contributed by atoms with E-state index in [1.54, 1.807) is 14.2 Å². The minimum Gasteiger partial charge on any atom is -0.381 e. The number of hydrogen-bond acceptors (Lipinski definition) is 3. The van der Waals surface area contributed by atoms with E-state index in [9.17, 15) is 0 Å². The zero-order valence-electron chi connectivity index (χ0n) is 16.7. The van der Waals surface area contributed by atoms with Crippen LogP contribution in [0, 0.1) is 5.41 Å². The second-order valence-electron chi connectivity index (χ2n) is 7.15. The van der Waals surface area contributed by atoms with Gasteiger partial charge in [0.1, 0.15) is 0 Å². The summed E-state index contributed by atoms with van der Waals surface area (Å²) in [4.78, 5) is 0. The average Bonchev–Trinajstić information content (AvgIpc) is 2.57. The van der Waals surface area contributed by atoms with Gasteiger partial charge in [0.25, 0.3) is 0 Å². The third-order valence-electron chi connectivity index (χ3n) is 5.32. The van der Waals surface area contributed by atoms with Gasteiger partial charge in [0.2, 0.25) is 0 Å². The van der Waals surface area contributed by atoms with E-state index in [1.165, 1.54) is 38.5 Å². The Morgan fingerprint density at radius 1 is 0.652 bits per heavy atom. The van der Waals surface area contributed by atoms with Gasteiger partial charge in [-0.15, -0.1) is 0 Å². The summed E-state index contributed by atoms with van der Waals surface area (Å²) >= 11 is 0. The van der Waals surface area contributed by atoms with Crippen molar-refractivity contribution in [2.45, 2.75) is 97.7 Å². The molecule has 0 aliphatic heterocycles. The molecule has 0 amide bonds. The molecule has 0 aliphatic carbocycles. The molecule has 0 aromatic carbocycles. The molecular formula is C20H42O3. The summed E-state index contributed by atoms with van der Waals surface area (Å²) in [5.41, 5.74) is 0.0246. The van der Waals surface area contributed by atoms with Crippen LogP contribution in [0.15, 0.2) is 0 Å². The molecule has 0 N–H and O–H groups in total. The highest BCUT2D eigenvalue weighted by Crippen LogP contribution is 2.43. The Bertz CT molecular complexity index is 264. The fourth-order valence-corrected chi connectivity index (χ4v) is 3.26. The molecule has 0 saturated heterocycles. The van der Waals surface area contributed by atoms with E-state index in [2.05, 4.69) is 27.7 Å². The lowest BCUT2D eigenvalue weighted by Gasteiger charge is -2.44. The largest absolute Gasteiger partial charge is 0.381 e. The van der Waals surface area contributed by atoms with Gasteiger partial charge in [0.15, 0.2) is 5.79 Å². The van der Waals surface area contributed by atoms with Crippen LogP contribution in [0.5, 0.6) is 0 Å². The fourth-order valence-electron chi connectivity index (χ4n) is 3.26. The number of unbranched alkanes of at least 4 members (excludes halogenated alkanes) is 5. The van der Waals surface area contributed by atoms with Crippen molar-refractivity contribution in [3.05, 3.63) is 0 Å². The van der Waals surface area contributed by atoms with Crippen molar-refractivity contribution in [1.29, 1.82) is 0 Å². The van der Waals surface area contributed by atoms with Gasteiger partial charge in [-0.2, -0.15) is 0 Å². The number of ether oxygens (including phenoxy) is 3. The molecule has 0 spiro atoms. The molecule has 1 atom stereocenters. The highest BCUT2D eigenvalue weighted by molar-refractivity contribution is 4.87. The molecule has 140 valence electrons. The Morgan fingerprint density at radius 2 is 1.22 bits per heavy atom. The van der Waals surface area contributed by atoms with Crippen molar-refractivity contribution in [2.75, 3.05) is 27.4 Å². The maximum Gasteiger partial charge on any atom is 0.170 e. The molecule has 0 fully saturated rings. The summed E-state index contributed by atoms with van der Waals surface area (Å²) in [7, 11) is 3.52. The summed E-state index contributed by atoms with van der Waals surface area (Å²) in [6.45, 7) is 10.5. The molecule has 0 rings (SSSR count). The van der Waals surface area contributed by atoms with E-state index in [0.717, 1.165) is 38.9 Å². The number of rotatable bonds is 16. The molecule has 0 heterocycles. The first-order chi connectivity index (χ1) is 11.0. The van der Waals surface area contributed by atoms with Crippen LogP contribution >= 0.6 is 0 Å². The summed E-state index contributed by atoms with van der Waals surface area (Å²) in [6.07, 6.45) is 12.3. The molecule has 3 nitrogen and oxygen atoms in total. The minimum atomic E-state index is -0.527. The van der Waals surface area contributed by atoms with Gasteiger partial charge < -0.3 is 14.2 Å². The van der Waals surface area contributed by atoms with Crippen molar-refractivity contribution in [2.24, 2.45) is 5.41 Å². The highest BCUT2D eigenvalue weighted by atomic mass is 16.7. The first-order valence-corrected chi connectivity index (χ1v) is 9.67. The summed E-state index contributed by atoms with van der Waals surface area (Å²) in [6, 6.07) is 0. The Hall–Kier alpha value is -0.120. The lowest BCUT2D eigenvalue weighted by atomic mass is 9.73. The first kappa shape index (κ1) is 22.9. The van der Waals surface area contributed by atoms with Crippen molar-refractivity contribution < 1.29 is 14.2 Å². The molecule has 23 heavy (non-hydrogen) atoms. The minimum absolute atomic E-state index is 0.0246. The molecule has 0 radical (unpaired) electrons. The van der Waals surface area contributed by atoms with E-state index in [0.29, 0.717) is 0 Å². The van der Waals surface area contributed by atoms with E-state index < -0.39 is 5.79 Å². The maximum atomic E-state index is 5.76. The predicted molar refractivity (Wildman–Crippen MR) is 98.9 cm³/mol. The van der Waals surface area contributed by atoms with Gasteiger partial charge in [-0.1, -0.05) is 59.3 Å². The number of methoxy groups -OCH3 is 2. The monoisotopic (exact) mass is 330 g/mol. The standard InChI is InChI=1S/C20H42O3/c1-7-9-10-11-12-13-15-19(3,20(4,21-5)22-6)16-14-18-23-17-8-2/h7-18H2,1-6H3/t19-/m1/s1. The Morgan fingerprint density at radius 3 is 1.78 bits per heavy atom. The molecule has 0 aromatic heterocycles. The molecule has 0 bridgehead atoms. The van der Waals surface area contributed by atoms with E-state index in [1.807, 2.05) is 0 Å². The van der Waals surface area contributed by atoms with Gasteiger partial charge in [0.05, 0.1) is 0 Å². The highest BCUT2D eigenvalue weighted by Gasteiger charge is 2.44. The molecule has 0 aromatic rings. The van der Waals surface area contributed by atoms with Gasteiger partial charge >= 0.3 is 0 Å². The zero-order valence-corrected chi connectivity index (χ0v) is 16.7. The number of hydrogen-bond donors (Lipinski definition) is 0. The first-order valence-electron chi connectivity index (χ1n) is 9.67. The third-order valence-corrected chi connectivity index (χ3v) is 5.32. The lowest BCUT2D eigenvalue weighted by Crippen LogP contribution is -2.47. The van der Waals surface area contributed by atoms with E-state index >= 15 is 0 Å². The predicted octanol–water partition coefficient (Wildman–Crippen LogP) is 5.96. The van der Waals surface area contributed by atoms with E-state index in [4.69, 9.17) is 14.2 Å². The fraction of sp³-hybridized carbons (Fsp3) is 1.00. The zero-order chi connectivity index (χ0) is 17.6. The molecule has 0 unspecified atom stereocenters. The SMILES string of the molecule is CCCCCCCC[C@](C)(CCCOCCC)C(C)(OC)OC. The van der Waals surface area contributed by atoms with Crippen molar-refractivity contribution >= 4 is 0 Å². The average molecular weight is 331 g/mol. The smallest absolute Gasteiger partial charge is 0.170 e. The van der Waals surface area contributed by atoms with Crippen LogP contribution in [0.3, 0.4) is 0 Å². The molecule has 0 aliphatic rings. The molecule has 0 saturated carbocycles. The van der Waals surface area contributed by atoms with Crippen LogP contribution in [0.25, 0.3) is 0 Å². The topological polar surface area (TPSA) is 27.7 Å². The van der Waals surface area contributed by atoms with Crippen LogP contribution in [0.1, 0.15) is 91.9 Å². The Labute approximate surface area is 145 Å². The summed E-state index contributed by atoms with van der Waals surface area (Å²) < 4.78 is 17.2. The quantitative estimate of drug-likeness (QED) is 0.258. The van der Waals surface area contributed by atoms with Gasteiger partial charge in [-0.05, 0) is 32.6 Å². The summed E-state index contributed by atoms with van der Waals surface area (Å²) in [5.74, 6) is -0.527. The summed E-state index contributed by atoms with van der Waals surface area (Å²) in [5, 5.41) is 0. The van der Waals surface area contributed by atoms with Gasteiger partial charge in [-0.3, -0.25) is 0 Å². The van der Waals surface area contributed by atoms with Crippen molar-refractivity contribution in [1.82, 2.24) is 0 Å². The van der Waals surface area contributed by atoms with Gasteiger partial charge in [0, 0.05) is 32.8 Å². The van der Waals surface area contributed by atoms with Crippen LogP contribution in [-0.2, 0) is 14.2 Å². The van der Waals surface area contributed by atoms with Gasteiger partial charge in [-0.25, -0.2) is 0 Å². The van der Waals surface area contributed by atoms with Crippen molar-refractivity contribution in [3.63, 3.8) is 0 Å².